The Morgan fingerprint density at radius 1 is 1.31 bits per heavy atom. The Morgan fingerprint density at radius 2 is 1.94 bits per heavy atom. The van der Waals surface area contributed by atoms with Crippen LogP contribution < -0.4 is 5.11 Å². The molecule has 2 rings (SSSR count). The summed E-state index contributed by atoms with van der Waals surface area (Å²) in [7, 11) is 0. The van der Waals surface area contributed by atoms with Gasteiger partial charge in [-0.2, -0.15) is 0 Å². The van der Waals surface area contributed by atoms with Gasteiger partial charge in [-0.1, -0.05) is 47.7 Å². The molecule has 0 atom stereocenters. The summed E-state index contributed by atoms with van der Waals surface area (Å²) in [4.78, 5) is 10.5. The molecule has 0 fully saturated rings. The van der Waals surface area contributed by atoms with Gasteiger partial charge in [-0.3, -0.25) is 0 Å². The van der Waals surface area contributed by atoms with Gasteiger partial charge in [-0.05, 0) is 5.56 Å². The minimum Gasteiger partial charge on any atom is -0.871 e. The lowest BCUT2D eigenvalue weighted by molar-refractivity contribution is -0.267. The first-order chi connectivity index (χ1) is 7.61. The Morgan fingerprint density at radius 3 is 2.44 bits per heavy atom. The van der Waals surface area contributed by atoms with Gasteiger partial charge in [-0.25, -0.2) is 4.79 Å². The van der Waals surface area contributed by atoms with E-state index >= 15 is 0 Å². The summed E-state index contributed by atoms with van der Waals surface area (Å²) >= 11 is 6.68. The first-order valence-corrected chi connectivity index (χ1v) is 5.58. The molecular weight excluding hydrogens is 248 g/mol. The number of hydrogen-bond acceptors (Lipinski definition) is 3. The second kappa shape index (κ2) is 4.15. The fourth-order valence-corrected chi connectivity index (χ4v) is 2.58. The molecule has 0 amide bonds. The minimum atomic E-state index is -1.24. The number of benzene rings is 1. The molecule has 1 heterocycles. The summed E-state index contributed by atoms with van der Waals surface area (Å²) in [6.45, 7) is 0. The molecule has 0 unspecified atom stereocenters. The molecule has 1 aromatic carbocycles. The lowest BCUT2D eigenvalue weighted by Crippen LogP contribution is -2.00. The second-order valence-corrected chi connectivity index (χ2v) is 4.70. The molecule has 0 aliphatic carbocycles. The van der Waals surface area contributed by atoms with E-state index in [9.17, 15) is 9.90 Å². The number of thiophene rings is 1. The molecule has 1 aromatic heterocycles. The van der Waals surface area contributed by atoms with Gasteiger partial charge in [0.1, 0.15) is 9.21 Å². The van der Waals surface area contributed by atoms with Crippen molar-refractivity contribution in [1.82, 2.24) is 0 Å². The van der Waals surface area contributed by atoms with Crippen LogP contribution in [0.25, 0.3) is 11.1 Å². The predicted molar refractivity (Wildman–Crippen MR) is 61.2 cm³/mol. The van der Waals surface area contributed by atoms with Crippen LogP contribution in [0.1, 0.15) is 9.67 Å². The van der Waals surface area contributed by atoms with Crippen LogP contribution in [0.5, 0.6) is 5.75 Å². The Labute approximate surface area is 101 Å². The highest BCUT2D eigenvalue weighted by Gasteiger charge is 2.16. The number of carbonyl (C=O) groups is 1. The van der Waals surface area contributed by atoms with Gasteiger partial charge in [-0.15, -0.1) is 11.3 Å². The van der Waals surface area contributed by atoms with Crippen LogP contribution in [-0.2, 0) is 0 Å². The van der Waals surface area contributed by atoms with E-state index in [4.69, 9.17) is 16.7 Å². The van der Waals surface area contributed by atoms with Gasteiger partial charge in [0, 0.05) is 5.56 Å². The quantitative estimate of drug-likeness (QED) is 0.895. The van der Waals surface area contributed by atoms with Crippen molar-refractivity contribution in [2.75, 3.05) is 0 Å². The lowest BCUT2D eigenvalue weighted by Gasteiger charge is -2.09. The number of halogens is 1. The molecule has 82 valence electrons. The summed E-state index contributed by atoms with van der Waals surface area (Å²) in [6.07, 6.45) is 0. The van der Waals surface area contributed by atoms with E-state index in [1.165, 1.54) is 0 Å². The Balaban J connectivity index is 2.63. The first-order valence-electron chi connectivity index (χ1n) is 4.39. The molecule has 0 radical (unpaired) electrons. The summed E-state index contributed by atoms with van der Waals surface area (Å²) in [5.41, 5.74) is 0.908. The topological polar surface area (TPSA) is 60.4 Å². The lowest BCUT2D eigenvalue weighted by atomic mass is 10.1. The van der Waals surface area contributed by atoms with Crippen molar-refractivity contribution in [3.8, 4) is 16.9 Å². The van der Waals surface area contributed by atoms with Crippen molar-refractivity contribution < 1.29 is 15.0 Å². The Kier molecular flexibility index (Phi) is 2.85. The summed E-state index contributed by atoms with van der Waals surface area (Å²) in [5.74, 6) is -1.76. The van der Waals surface area contributed by atoms with Crippen molar-refractivity contribution >= 4 is 28.9 Å². The SMILES string of the molecule is O=C(O)c1sc(Cl)c(-c2ccccc2)c1[O-]. The minimum absolute atomic E-state index is 0.216. The predicted octanol–water partition coefficient (Wildman–Crippen LogP) is 2.84. The van der Waals surface area contributed by atoms with E-state index in [-0.39, 0.29) is 14.8 Å². The molecule has 1 N–H and O–H groups in total. The number of hydrogen-bond donors (Lipinski definition) is 1. The Bertz CT molecular complexity index is 534. The van der Waals surface area contributed by atoms with Crippen molar-refractivity contribution in [3.05, 3.63) is 39.5 Å². The first kappa shape index (κ1) is 11.0. The van der Waals surface area contributed by atoms with Crippen molar-refractivity contribution in [2.45, 2.75) is 0 Å². The van der Waals surface area contributed by atoms with E-state index in [0.29, 0.717) is 5.56 Å². The molecule has 0 bridgehead atoms. The van der Waals surface area contributed by atoms with Crippen LogP contribution in [0, 0.1) is 0 Å². The van der Waals surface area contributed by atoms with Gasteiger partial charge < -0.3 is 10.2 Å². The largest absolute Gasteiger partial charge is 0.871 e. The maximum atomic E-state index is 11.8. The third-order valence-corrected chi connectivity index (χ3v) is 3.45. The van der Waals surface area contributed by atoms with Crippen LogP contribution in [-0.4, -0.2) is 11.1 Å². The van der Waals surface area contributed by atoms with Gasteiger partial charge >= 0.3 is 5.97 Å². The van der Waals surface area contributed by atoms with Crippen LogP contribution in [0.15, 0.2) is 30.3 Å². The van der Waals surface area contributed by atoms with E-state index in [1.807, 2.05) is 6.07 Å². The molecule has 0 aliphatic heterocycles. The fourth-order valence-electron chi connectivity index (χ4n) is 1.38. The number of carboxylic acids is 1. The van der Waals surface area contributed by atoms with E-state index in [1.54, 1.807) is 24.3 Å². The molecule has 0 saturated heterocycles. The fraction of sp³-hybridized carbons (Fsp3) is 0. The zero-order valence-corrected chi connectivity index (χ0v) is 9.51. The third-order valence-electron chi connectivity index (χ3n) is 2.08. The average molecular weight is 254 g/mol. The average Bonchev–Trinajstić information content (AvgIpc) is 2.56. The van der Waals surface area contributed by atoms with E-state index < -0.39 is 11.7 Å². The summed E-state index contributed by atoms with van der Waals surface area (Å²) < 4.78 is 0.216. The number of aromatic carboxylic acids is 1. The number of rotatable bonds is 2. The molecule has 0 spiro atoms. The molecule has 16 heavy (non-hydrogen) atoms. The van der Waals surface area contributed by atoms with E-state index in [2.05, 4.69) is 0 Å². The monoisotopic (exact) mass is 253 g/mol. The highest BCUT2D eigenvalue weighted by atomic mass is 35.5. The molecule has 0 aliphatic rings. The number of carboxylic acid groups (broad SMARTS) is 1. The van der Waals surface area contributed by atoms with E-state index in [0.717, 1.165) is 11.3 Å². The second-order valence-electron chi connectivity index (χ2n) is 3.08. The molecule has 2 aromatic rings. The van der Waals surface area contributed by atoms with Crippen LogP contribution in [0.2, 0.25) is 4.34 Å². The highest BCUT2D eigenvalue weighted by Crippen LogP contribution is 2.43. The van der Waals surface area contributed by atoms with Crippen molar-refractivity contribution in [1.29, 1.82) is 0 Å². The normalized spacial score (nSPS) is 10.3. The maximum absolute atomic E-state index is 11.8. The molecular formula is C11H6ClO3S-. The van der Waals surface area contributed by atoms with Gasteiger partial charge in [0.05, 0.1) is 0 Å². The molecule has 5 heteroatoms. The van der Waals surface area contributed by atoms with Crippen LogP contribution >= 0.6 is 22.9 Å². The third kappa shape index (κ3) is 1.77. The summed E-state index contributed by atoms with van der Waals surface area (Å²) in [6, 6.07) is 8.79. The highest BCUT2D eigenvalue weighted by molar-refractivity contribution is 7.19. The molecule has 0 saturated carbocycles. The zero-order valence-electron chi connectivity index (χ0n) is 7.94. The van der Waals surface area contributed by atoms with Gasteiger partial charge in [0.25, 0.3) is 0 Å². The zero-order chi connectivity index (χ0) is 11.7. The Hall–Kier alpha value is -1.52. The van der Waals surface area contributed by atoms with Crippen LogP contribution in [0.3, 0.4) is 0 Å². The smallest absolute Gasteiger partial charge is 0.345 e. The standard InChI is InChI=1S/C11H7ClO3S/c12-10-7(6-4-2-1-3-5-6)8(13)9(16-10)11(14)15/h1-5,13H,(H,14,15)/p-1. The maximum Gasteiger partial charge on any atom is 0.345 e. The van der Waals surface area contributed by atoms with Crippen LogP contribution in [0.4, 0.5) is 0 Å². The molecule has 3 nitrogen and oxygen atoms in total. The van der Waals surface area contributed by atoms with Gasteiger partial charge in [0.15, 0.2) is 0 Å². The van der Waals surface area contributed by atoms with Gasteiger partial charge in [0.2, 0.25) is 0 Å². The van der Waals surface area contributed by atoms with Crippen molar-refractivity contribution in [3.63, 3.8) is 0 Å². The summed E-state index contributed by atoms with van der Waals surface area (Å²) in [5, 5.41) is 20.6. The van der Waals surface area contributed by atoms with Crippen molar-refractivity contribution in [2.24, 2.45) is 0 Å².